The van der Waals surface area contributed by atoms with E-state index in [0.717, 1.165) is 12.5 Å². The van der Waals surface area contributed by atoms with Crippen LogP contribution in [0, 0.1) is 11.8 Å². The van der Waals surface area contributed by atoms with Gasteiger partial charge >= 0.3 is 6.09 Å². The van der Waals surface area contributed by atoms with E-state index in [0.29, 0.717) is 18.5 Å². The number of alkyl carbamates (subject to hydrolysis) is 1. The van der Waals surface area contributed by atoms with Gasteiger partial charge in [0.15, 0.2) is 0 Å². The van der Waals surface area contributed by atoms with E-state index in [1.807, 2.05) is 20.8 Å². The number of piperidine rings is 1. The van der Waals surface area contributed by atoms with E-state index in [9.17, 15) is 4.79 Å². The minimum atomic E-state index is -0.432. The summed E-state index contributed by atoms with van der Waals surface area (Å²) in [6.45, 7) is 12.0. The van der Waals surface area contributed by atoms with Gasteiger partial charge in [-0.05, 0) is 58.4 Å². The van der Waals surface area contributed by atoms with Crippen molar-refractivity contribution in [1.82, 2.24) is 10.6 Å². The predicted octanol–water partition coefficient (Wildman–Crippen LogP) is 4.10. The fraction of sp³-hybridized carbons (Fsp3) is 0.944. The highest BCUT2D eigenvalue weighted by Gasteiger charge is 2.26. The summed E-state index contributed by atoms with van der Waals surface area (Å²) in [5.41, 5.74) is -0.432. The van der Waals surface area contributed by atoms with Crippen molar-refractivity contribution in [1.29, 1.82) is 0 Å². The van der Waals surface area contributed by atoms with Crippen LogP contribution in [0.15, 0.2) is 0 Å². The molecule has 2 N–H and O–H groups in total. The molecule has 1 aliphatic heterocycles. The average Bonchev–Trinajstić information content (AvgIpc) is 2.47. The molecule has 1 saturated heterocycles. The quantitative estimate of drug-likeness (QED) is 0.744. The number of hydrogen-bond donors (Lipinski definition) is 2. The van der Waals surface area contributed by atoms with Crippen molar-refractivity contribution in [2.45, 2.75) is 84.8 Å². The third-order valence-electron chi connectivity index (χ3n) is 4.62. The Hall–Kier alpha value is -0.770. The van der Waals surface area contributed by atoms with Gasteiger partial charge < -0.3 is 15.4 Å². The van der Waals surface area contributed by atoms with Crippen molar-refractivity contribution < 1.29 is 9.53 Å². The molecule has 2 unspecified atom stereocenters. The summed E-state index contributed by atoms with van der Waals surface area (Å²) in [4.78, 5) is 11.9. The molecule has 130 valence electrons. The summed E-state index contributed by atoms with van der Waals surface area (Å²) in [7, 11) is 0. The van der Waals surface area contributed by atoms with Crippen molar-refractivity contribution in [2.75, 3.05) is 13.1 Å². The second-order valence-electron chi connectivity index (χ2n) is 7.62. The molecule has 1 fully saturated rings. The zero-order chi connectivity index (χ0) is 16.6. The van der Waals surface area contributed by atoms with E-state index < -0.39 is 5.60 Å². The SMILES string of the molecule is CCC(CC)CC(CNC(=O)OC(C)(C)C)C1CCCCN1. The summed E-state index contributed by atoms with van der Waals surface area (Å²) in [5.74, 6) is 1.24. The van der Waals surface area contributed by atoms with Crippen LogP contribution in [-0.4, -0.2) is 30.8 Å². The van der Waals surface area contributed by atoms with Crippen LogP contribution in [0.3, 0.4) is 0 Å². The Morgan fingerprint density at radius 2 is 1.95 bits per heavy atom. The van der Waals surface area contributed by atoms with Crippen molar-refractivity contribution in [2.24, 2.45) is 11.8 Å². The van der Waals surface area contributed by atoms with Gasteiger partial charge in [0, 0.05) is 12.6 Å². The Labute approximate surface area is 136 Å². The van der Waals surface area contributed by atoms with E-state index in [1.165, 1.54) is 38.5 Å². The lowest BCUT2D eigenvalue weighted by atomic mass is 9.83. The first-order valence-corrected chi connectivity index (χ1v) is 9.06. The van der Waals surface area contributed by atoms with Crippen LogP contribution in [0.5, 0.6) is 0 Å². The molecule has 0 bridgehead atoms. The Morgan fingerprint density at radius 1 is 1.27 bits per heavy atom. The van der Waals surface area contributed by atoms with Gasteiger partial charge in [-0.25, -0.2) is 4.79 Å². The summed E-state index contributed by atoms with van der Waals surface area (Å²) in [6, 6.07) is 0.532. The number of nitrogens with one attached hydrogen (secondary N) is 2. The monoisotopic (exact) mass is 312 g/mol. The molecular weight excluding hydrogens is 276 g/mol. The van der Waals surface area contributed by atoms with Gasteiger partial charge in [0.25, 0.3) is 0 Å². The highest BCUT2D eigenvalue weighted by molar-refractivity contribution is 5.67. The second-order valence-corrected chi connectivity index (χ2v) is 7.62. The number of carbonyl (C=O) groups excluding carboxylic acids is 1. The van der Waals surface area contributed by atoms with Gasteiger partial charge in [-0.1, -0.05) is 33.1 Å². The number of ether oxygens (including phenoxy) is 1. The molecule has 0 spiro atoms. The summed E-state index contributed by atoms with van der Waals surface area (Å²) < 4.78 is 5.36. The normalized spacial score (nSPS) is 20.7. The molecule has 0 aromatic rings. The molecule has 0 aromatic carbocycles. The Kier molecular flexibility index (Phi) is 8.23. The second kappa shape index (κ2) is 9.39. The van der Waals surface area contributed by atoms with E-state index in [4.69, 9.17) is 4.74 Å². The van der Waals surface area contributed by atoms with Crippen LogP contribution in [0.1, 0.15) is 73.1 Å². The lowest BCUT2D eigenvalue weighted by Crippen LogP contribution is -2.46. The maximum absolute atomic E-state index is 11.9. The van der Waals surface area contributed by atoms with Crippen molar-refractivity contribution >= 4 is 6.09 Å². The molecule has 0 radical (unpaired) electrons. The molecule has 0 aromatic heterocycles. The Morgan fingerprint density at radius 3 is 2.45 bits per heavy atom. The van der Waals surface area contributed by atoms with Gasteiger partial charge in [-0.15, -0.1) is 0 Å². The smallest absolute Gasteiger partial charge is 0.407 e. The third-order valence-corrected chi connectivity index (χ3v) is 4.62. The van der Waals surface area contributed by atoms with Gasteiger partial charge in [-0.2, -0.15) is 0 Å². The molecule has 1 aliphatic rings. The van der Waals surface area contributed by atoms with Gasteiger partial charge in [0.05, 0.1) is 0 Å². The van der Waals surface area contributed by atoms with Crippen LogP contribution >= 0.6 is 0 Å². The highest BCUT2D eigenvalue weighted by atomic mass is 16.6. The summed E-state index contributed by atoms with van der Waals surface area (Å²) in [6.07, 6.45) is 7.11. The van der Waals surface area contributed by atoms with E-state index in [-0.39, 0.29) is 6.09 Å². The van der Waals surface area contributed by atoms with Crippen LogP contribution in [0.4, 0.5) is 4.79 Å². The van der Waals surface area contributed by atoms with Crippen LogP contribution in [0.2, 0.25) is 0 Å². The lowest BCUT2D eigenvalue weighted by Gasteiger charge is -2.33. The first-order chi connectivity index (χ1) is 10.4. The fourth-order valence-corrected chi connectivity index (χ4v) is 3.25. The van der Waals surface area contributed by atoms with Crippen molar-refractivity contribution in [3.8, 4) is 0 Å². The number of amides is 1. The summed E-state index contributed by atoms with van der Waals surface area (Å²) in [5, 5.41) is 6.64. The maximum atomic E-state index is 11.9. The Balaban J connectivity index is 2.55. The number of rotatable bonds is 7. The maximum Gasteiger partial charge on any atom is 0.407 e. The van der Waals surface area contributed by atoms with Gasteiger partial charge in [0.1, 0.15) is 5.60 Å². The van der Waals surface area contributed by atoms with E-state index in [1.54, 1.807) is 0 Å². The Bertz CT molecular complexity index is 316. The molecule has 1 rings (SSSR count). The van der Waals surface area contributed by atoms with Crippen LogP contribution in [0.25, 0.3) is 0 Å². The molecular formula is C18H36N2O2. The molecule has 1 amide bonds. The van der Waals surface area contributed by atoms with Crippen molar-refractivity contribution in [3.05, 3.63) is 0 Å². The molecule has 1 heterocycles. The minimum absolute atomic E-state index is 0.294. The fourth-order valence-electron chi connectivity index (χ4n) is 3.25. The molecule has 4 nitrogen and oxygen atoms in total. The minimum Gasteiger partial charge on any atom is -0.444 e. The largest absolute Gasteiger partial charge is 0.444 e. The molecule has 4 heteroatoms. The number of carbonyl (C=O) groups is 1. The topological polar surface area (TPSA) is 50.4 Å². The van der Waals surface area contributed by atoms with E-state index in [2.05, 4.69) is 24.5 Å². The van der Waals surface area contributed by atoms with Crippen LogP contribution in [-0.2, 0) is 4.74 Å². The number of hydrogen-bond acceptors (Lipinski definition) is 3. The van der Waals surface area contributed by atoms with Crippen molar-refractivity contribution in [3.63, 3.8) is 0 Å². The first-order valence-electron chi connectivity index (χ1n) is 9.06. The van der Waals surface area contributed by atoms with Crippen LogP contribution < -0.4 is 10.6 Å². The molecule has 0 saturated carbocycles. The van der Waals surface area contributed by atoms with Gasteiger partial charge in [-0.3, -0.25) is 0 Å². The standard InChI is InChI=1S/C18H36N2O2/c1-6-14(7-2)12-15(16-10-8-9-11-19-16)13-20-17(21)22-18(3,4)5/h14-16,19H,6-13H2,1-5H3,(H,20,21). The molecule has 2 atom stereocenters. The predicted molar refractivity (Wildman–Crippen MR) is 92.1 cm³/mol. The zero-order valence-electron chi connectivity index (χ0n) is 15.2. The molecule has 22 heavy (non-hydrogen) atoms. The highest BCUT2D eigenvalue weighted by Crippen LogP contribution is 2.25. The zero-order valence-corrected chi connectivity index (χ0v) is 15.2. The first kappa shape index (κ1) is 19.3. The molecule has 0 aliphatic carbocycles. The average molecular weight is 312 g/mol. The lowest BCUT2D eigenvalue weighted by molar-refractivity contribution is 0.0510. The van der Waals surface area contributed by atoms with E-state index >= 15 is 0 Å². The van der Waals surface area contributed by atoms with Gasteiger partial charge in [0.2, 0.25) is 0 Å². The third kappa shape index (κ3) is 7.48. The summed E-state index contributed by atoms with van der Waals surface area (Å²) >= 11 is 0.